The summed E-state index contributed by atoms with van der Waals surface area (Å²) in [4.78, 5) is 11.6. The molecule has 0 aliphatic carbocycles. The molecule has 0 saturated carbocycles. The molecule has 0 radical (unpaired) electrons. The van der Waals surface area contributed by atoms with Crippen molar-refractivity contribution in [1.29, 1.82) is 0 Å². The van der Waals surface area contributed by atoms with Gasteiger partial charge >= 0.3 is 0 Å². The van der Waals surface area contributed by atoms with E-state index in [1.165, 1.54) is 0 Å². The van der Waals surface area contributed by atoms with E-state index < -0.39 is 11.4 Å². The molecule has 80 valence electrons. The number of fused-ring (bicyclic) bond motifs is 1. The number of hydrogen-bond acceptors (Lipinski definition) is 2. The molecule has 0 saturated heterocycles. The maximum Gasteiger partial charge on any atom is 0.254 e. The molecule has 0 spiro atoms. The van der Waals surface area contributed by atoms with Crippen molar-refractivity contribution in [3.63, 3.8) is 0 Å². The maximum absolute atomic E-state index is 13.3. The molecule has 1 amide bonds. The first-order chi connectivity index (χ1) is 6.84. The summed E-state index contributed by atoms with van der Waals surface area (Å²) < 4.78 is 13.3. The normalized spacial score (nSPS) is 17.5. The van der Waals surface area contributed by atoms with Gasteiger partial charge in [0.15, 0.2) is 0 Å². The van der Waals surface area contributed by atoms with Gasteiger partial charge in [-0.15, -0.1) is 0 Å². The minimum Gasteiger partial charge on any atom is -0.396 e. The molecule has 0 aromatic heterocycles. The van der Waals surface area contributed by atoms with E-state index in [0.29, 0.717) is 5.56 Å². The van der Waals surface area contributed by atoms with E-state index in [1.54, 1.807) is 13.8 Å². The zero-order chi connectivity index (χ0) is 11.4. The van der Waals surface area contributed by atoms with Crippen LogP contribution >= 0.6 is 11.6 Å². The Kier molecular flexibility index (Phi) is 1.95. The molecule has 3 N–H and O–H groups in total. The van der Waals surface area contributed by atoms with E-state index in [-0.39, 0.29) is 22.2 Å². The first kappa shape index (κ1) is 10.2. The summed E-state index contributed by atoms with van der Waals surface area (Å²) in [6.45, 7) is 3.58. The minimum absolute atomic E-state index is 0.141. The Labute approximate surface area is 91.4 Å². The monoisotopic (exact) mass is 228 g/mol. The van der Waals surface area contributed by atoms with Crippen molar-refractivity contribution in [3.05, 3.63) is 28.0 Å². The summed E-state index contributed by atoms with van der Waals surface area (Å²) in [7, 11) is 0. The highest BCUT2D eigenvalue weighted by Gasteiger charge is 2.39. The summed E-state index contributed by atoms with van der Waals surface area (Å²) in [5, 5.41) is 2.92. The topological polar surface area (TPSA) is 55.1 Å². The van der Waals surface area contributed by atoms with Gasteiger partial charge in [-0.05, 0) is 19.9 Å². The quantitative estimate of drug-likeness (QED) is 0.668. The fraction of sp³-hybridized carbons (Fsp3) is 0.300. The number of hydrogen-bond donors (Lipinski definition) is 2. The van der Waals surface area contributed by atoms with Crippen LogP contribution in [-0.2, 0) is 5.54 Å². The lowest BCUT2D eigenvalue weighted by Gasteiger charge is -2.20. The van der Waals surface area contributed by atoms with Crippen molar-refractivity contribution in [2.75, 3.05) is 5.73 Å². The minimum atomic E-state index is -0.661. The van der Waals surface area contributed by atoms with Crippen molar-refractivity contribution >= 4 is 23.2 Å². The van der Waals surface area contributed by atoms with Gasteiger partial charge in [-0.3, -0.25) is 4.79 Å². The number of rotatable bonds is 0. The molecule has 2 rings (SSSR count). The zero-order valence-corrected chi connectivity index (χ0v) is 9.07. The van der Waals surface area contributed by atoms with Crippen LogP contribution in [0.15, 0.2) is 6.07 Å². The van der Waals surface area contributed by atoms with Crippen molar-refractivity contribution in [1.82, 2.24) is 5.32 Å². The van der Waals surface area contributed by atoms with Gasteiger partial charge in [0.2, 0.25) is 0 Å². The van der Waals surface area contributed by atoms with Crippen LogP contribution in [0.25, 0.3) is 0 Å². The van der Waals surface area contributed by atoms with E-state index in [0.717, 1.165) is 6.07 Å². The van der Waals surface area contributed by atoms with Crippen molar-refractivity contribution < 1.29 is 9.18 Å². The molecule has 1 aromatic carbocycles. The molecule has 3 nitrogen and oxygen atoms in total. The molecule has 1 aliphatic rings. The Hall–Kier alpha value is -1.29. The van der Waals surface area contributed by atoms with Crippen LogP contribution in [0.3, 0.4) is 0 Å². The van der Waals surface area contributed by atoms with E-state index in [9.17, 15) is 9.18 Å². The average molecular weight is 229 g/mol. The number of carbonyl (C=O) groups is 1. The largest absolute Gasteiger partial charge is 0.396 e. The summed E-state index contributed by atoms with van der Waals surface area (Å²) in [5.41, 5.74) is 5.49. The van der Waals surface area contributed by atoms with Crippen LogP contribution in [0.5, 0.6) is 0 Å². The SMILES string of the molecule is CC1(C)NC(=O)c2c(N)c(F)cc(Cl)c21. The van der Waals surface area contributed by atoms with Crippen molar-refractivity contribution in [2.24, 2.45) is 0 Å². The summed E-state index contributed by atoms with van der Waals surface area (Å²) in [5.74, 6) is -1.04. The predicted octanol–water partition coefficient (Wildman–Crippen LogP) is 2.04. The fourth-order valence-corrected chi connectivity index (χ4v) is 2.32. The zero-order valence-electron chi connectivity index (χ0n) is 8.32. The molecule has 0 bridgehead atoms. The summed E-state index contributed by atoms with van der Waals surface area (Å²) in [6.07, 6.45) is 0. The van der Waals surface area contributed by atoms with Crippen LogP contribution in [-0.4, -0.2) is 5.91 Å². The van der Waals surface area contributed by atoms with Gasteiger partial charge in [0.1, 0.15) is 5.82 Å². The lowest BCUT2D eigenvalue weighted by atomic mass is 9.93. The standard InChI is InChI=1S/C10H10ClFN2O/c1-10(2)7-4(11)3-5(12)8(13)6(7)9(15)14-10/h3H,13H2,1-2H3,(H,14,15). The molecule has 5 heteroatoms. The molecular weight excluding hydrogens is 219 g/mol. The van der Waals surface area contributed by atoms with Crippen molar-refractivity contribution in [3.8, 4) is 0 Å². The third-order valence-electron chi connectivity index (χ3n) is 2.55. The van der Waals surface area contributed by atoms with E-state index >= 15 is 0 Å². The Morgan fingerprint density at radius 1 is 1.53 bits per heavy atom. The lowest BCUT2D eigenvalue weighted by molar-refractivity contribution is 0.0940. The average Bonchev–Trinajstić information content (AvgIpc) is 2.32. The fourth-order valence-electron chi connectivity index (χ4n) is 1.89. The highest BCUT2D eigenvalue weighted by molar-refractivity contribution is 6.32. The second kappa shape index (κ2) is 2.85. The van der Waals surface area contributed by atoms with Gasteiger partial charge in [-0.1, -0.05) is 11.6 Å². The number of nitrogen functional groups attached to an aromatic ring is 1. The Bertz CT molecular complexity index is 471. The third kappa shape index (κ3) is 1.28. The summed E-state index contributed by atoms with van der Waals surface area (Å²) in [6, 6.07) is 1.14. The van der Waals surface area contributed by atoms with Gasteiger partial charge in [0.05, 0.1) is 16.8 Å². The number of nitrogens with one attached hydrogen (secondary N) is 1. The number of anilines is 1. The van der Waals surface area contributed by atoms with Crippen LogP contribution in [0.4, 0.5) is 10.1 Å². The third-order valence-corrected chi connectivity index (χ3v) is 2.85. The maximum atomic E-state index is 13.3. The Morgan fingerprint density at radius 2 is 2.13 bits per heavy atom. The molecule has 15 heavy (non-hydrogen) atoms. The smallest absolute Gasteiger partial charge is 0.254 e. The predicted molar refractivity (Wildman–Crippen MR) is 56.3 cm³/mol. The Balaban J connectivity index is 2.84. The number of benzene rings is 1. The van der Waals surface area contributed by atoms with E-state index in [2.05, 4.69) is 5.32 Å². The number of amides is 1. The summed E-state index contributed by atoms with van der Waals surface area (Å²) >= 11 is 5.91. The second-order valence-electron chi connectivity index (χ2n) is 4.08. The van der Waals surface area contributed by atoms with Gasteiger partial charge in [-0.2, -0.15) is 0 Å². The van der Waals surface area contributed by atoms with Gasteiger partial charge in [-0.25, -0.2) is 4.39 Å². The number of nitrogens with two attached hydrogens (primary N) is 1. The Morgan fingerprint density at radius 3 is 2.73 bits per heavy atom. The highest BCUT2D eigenvalue weighted by Crippen LogP contribution is 2.39. The van der Waals surface area contributed by atoms with E-state index in [4.69, 9.17) is 17.3 Å². The molecular formula is C10H10ClFN2O. The highest BCUT2D eigenvalue weighted by atomic mass is 35.5. The van der Waals surface area contributed by atoms with Gasteiger partial charge < -0.3 is 11.1 Å². The number of carbonyl (C=O) groups excluding carboxylic acids is 1. The van der Waals surface area contributed by atoms with Gasteiger partial charge in [0.25, 0.3) is 5.91 Å². The van der Waals surface area contributed by atoms with Crippen LogP contribution < -0.4 is 11.1 Å². The number of halogens is 2. The van der Waals surface area contributed by atoms with Gasteiger partial charge in [0, 0.05) is 10.6 Å². The molecule has 1 aliphatic heterocycles. The molecule has 0 unspecified atom stereocenters. The first-order valence-electron chi connectivity index (χ1n) is 4.45. The lowest BCUT2D eigenvalue weighted by Crippen LogP contribution is -2.32. The van der Waals surface area contributed by atoms with Crippen LogP contribution in [0.2, 0.25) is 5.02 Å². The molecule has 1 aromatic rings. The second-order valence-corrected chi connectivity index (χ2v) is 4.49. The molecule has 0 atom stereocenters. The van der Waals surface area contributed by atoms with Crippen LogP contribution in [0.1, 0.15) is 29.8 Å². The van der Waals surface area contributed by atoms with Crippen LogP contribution in [0, 0.1) is 5.82 Å². The van der Waals surface area contributed by atoms with E-state index in [1.807, 2.05) is 0 Å². The van der Waals surface area contributed by atoms with Crippen molar-refractivity contribution in [2.45, 2.75) is 19.4 Å². The molecule has 1 heterocycles. The molecule has 0 fully saturated rings. The first-order valence-corrected chi connectivity index (χ1v) is 4.83.